The molecule has 8 atom stereocenters. The molecule has 3 saturated heterocycles. The van der Waals surface area contributed by atoms with Crippen LogP contribution >= 0.6 is 15.9 Å². The molecule has 0 radical (unpaired) electrons. The number of amides is 3. The number of aliphatic hydroxyl groups excluding tert-OH is 1. The summed E-state index contributed by atoms with van der Waals surface area (Å²) >= 11 is 3.70. The van der Waals surface area contributed by atoms with E-state index in [9.17, 15) is 24.3 Å². The summed E-state index contributed by atoms with van der Waals surface area (Å²) in [6.45, 7) is 9.13. The molecule has 2 aromatic carbocycles. The maximum Gasteiger partial charge on any atom is 0.313 e. The van der Waals surface area contributed by atoms with Crippen molar-refractivity contribution in [2.45, 2.75) is 67.3 Å². The minimum absolute atomic E-state index is 0.0273. The van der Waals surface area contributed by atoms with Gasteiger partial charge in [0.05, 0.1) is 44.2 Å². The number of benzene rings is 2. The van der Waals surface area contributed by atoms with Crippen molar-refractivity contribution in [1.29, 1.82) is 0 Å². The van der Waals surface area contributed by atoms with Gasteiger partial charge in [0, 0.05) is 23.5 Å². The number of anilines is 1. The molecule has 12 heteroatoms. The lowest BCUT2D eigenvalue weighted by Gasteiger charge is -2.39. The molecule has 2 bridgehead atoms. The van der Waals surface area contributed by atoms with Crippen LogP contribution in [0.15, 0.2) is 79.9 Å². The fraction of sp³-hybridized carbons (Fsp3) is 0.459. The first kappa shape index (κ1) is 36.3. The van der Waals surface area contributed by atoms with Gasteiger partial charge in [-0.3, -0.25) is 19.2 Å². The number of hydrogen-bond donors (Lipinski definition) is 2. The third-order valence-corrected chi connectivity index (χ3v) is 10.6. The normalized spacial score (nSPS) is 26.4. The Kier molecular flexibility index (Phi) is 11.6. The van der Waals surface area contributed by atoms with Gasteiger partial charge in [-0.25, -0.2) is 0 Å². The Morgan fingerprint density at radius 3 is 2.49 bits per heavy atom. The van der Waals surface area contributed by atoms with Gasteiger partial charge in [-0.15, -0.1) is 13.2 Å². The second-order valence-corrected chi connectivity index (χ2v) is 13.7. The number of esters is 1. The lowest BCUT2D eigenvalue weighted by atomic mass is 9.70. The molecule has 11 nitrogen and oxygen atoms in total. The molecule has 2 aromatic rings. The number of halogens is 1. The van der Waals surface area contributed by atoms with Crippen molar-refractivity contribution in [1.82, 2.24) is 10.2 Å². The molecule has 262 valence electrons. The average Bonchev–Trinajstić information content (AvgIpc) is 3.72. The van der Waals surface area contributed by atoms with Gasteiger partial charge < -0.3 is 34.4 Å². The van der Waals surface area contributed by atoms with Crippen LogP contribution in [0.1, 0.15) is 44.3 Å². The molecule has 3 aliphatic rings. The summed E-state index contributed by atoms with van der Waals surface area (Å²) in [5.41, 5.74) is -0.131. The Labute approximate surface area is 295 Å². The van der Waals surface area contributed by atoms with Gasteiger partial charge in [0.25, 0.3) is 5.91 Å². The summed E-state index contributed by atoms with van der Waals surface area (Å²) in [5, 5.41) is 13.3. The smallest absolute Gasteiger partial charge is 0.313 e. The highest BCUT2D eigenvalue weighted by Crippen LogP contribution is 2.61. The van der Waals surface area contributed by atoms with Gasteiger partial charge in [-0.1, -0.05) is 65.3 Å². The number of nitrogens with one attached hydrogen (secondary N) is 1. The first-order valence-electron chi connectivity index (χ1n) is 16.6. The van der Waals surface area contributed by atoms with Crippen molar-refractivity contribution in [2.24, 2.45) is 11.8 Å². The van der Waals surface area contributed by atoms with Crippen LogP contribution in [-0.4, -0.2) is 89.1 Å². The molecular formula is C37H44BrN3O8. The number of methoxy groups -OCH3 is 1. The first-order valence-corrected chi connectivity index (χ1v) is 17.5. The van der Waals surface area contributed by atoms with Crippen molar-refractivity contribution in [3.63, 3.8) is 0 Å². The maximum absolute atomic E-state index is 14.8. The Hall–Kier alpha value is -4.00. The van der Waals surface area contributed by atoms with Gasteiger partial charge in [0.2, 0.25) is 11.8 Å². The van der Waals surface area contributed by atoms with Gasteiger partial charge in [0.15, 0.2) is 0 Å². The van der Waals surface area contributed by atoms with Gasteiger partial charge >= 0.3 is 5.97 Å². The third-order valence-electron chi connectivity index (χ3n) is 9.76. The molecule has 2 N–H and O–H groups in total. The number of alkyl halides is 1. The topological polar surface area (TPSA) is 135 Å². The highest BCUT2D eigenvalue weighted by molar-refractivity contribution is 9.09. The number of hydrogen-bond acceptors (Lipinski definition) is 8. The quantitative estimate of drug-likeness (QED) is 0.150. The first-order chi connectivity index (χ1) is 23.6. The Morgan fingerprint density at radius 1 is 1.16 bits per heavy atom. The van der Waals surface area contributed by atoms with E-state index in [1.165, 1.54) is 9.80 Å². The fourth-order valence-electron chi connectivity index (χ4n) is 7.43. The van der Waals surface area contributed by atoms with E-state index in [-0.39, 0.29) is 36.9 Å². The number of carbonyl (C=O) groups excluding carboxylic acids is 4. The van der Waals surface area contributed by atoms with Crippen LogP contribution in [0.3, 0.4) is 0 Å². The molecule has 5 rings (SSSR count). The van der Waals surface area contributed by atoms with Crippen molar-refractivity contribution >= 4 is 45.3 Å². The number of rotatable bonds is 16. The summed E-state index contributed by atoms with van der Waals surface area (Å²) < 4.78 is 18.1. The predicted molar refractivity (Wildman–Crippen MR) is 187 cm³/mol. The van der Waals surface area contributed by atoms with Crippen molar-refractivity contribution in [3.05, 3.63) is 85.5 Å². The van der Waals surface area contributed by atoms with E-state index < -0.39 is 59.5 Å². The molecule has 3 fully saturated rings. The van der Waals surface area contributed by atoms with E-state index in [0.29, 0.717) is 36.3 Å². The predicted octanol–water partition coefficient (Wildman–Crippen LogP) is 4.10. The molecule has 0 aliphatic carbocycles. The molecule has 49 heavy (non-hydrogen) atoms. The number of carbonyl (C=O) groups is 4. The van der Waals surface area contributed by atoms with Gasteiger partial charge in [-0.05, 0) is 49.1 Å². The summed E-state index contributed by atoms with van der Waals surface area (Å²) in [6.07, 6.45) is 3.08. The molecule has 3 amide bonds. The van der Waals surface area contributed by atoms with Crippen LogP contribution in [0, 0.1) is 11.8 Å². The summed E-state index contributed by atoms with van der Waals surface area (Å²) in [5.74, 6) is -3.18. The number of likely N-dealkylation sites (tertiary alicyclic amines) is 1. The number of ether oxygens (including phenoxy) is 3. The average molecular weight is 739 g/mol. The molecule has 1 spiro atoms. The van der Waals surface area contributed by atoms with Crippen LogP contribution in [0.5, 0.6) is 5.75 Å². The number of fused-ring (bicyclic) bond motifs is 1. The molecule has 3 aliphatic heterocycles. The van der Waals surface area contributed by atoms with Crippen molar-refractivity contribution < 1.29 is 38.5 Å². The number of aliphatic hydroxyl groups is 1. The maximum atomic E-state index is 14.8. The molecule has 3 heterocycles. The largest absolute Gasteiger partial charge is 0.497 e. The highest BCUT2D eigenvalue weighted by atomic mass is 79.9. The molecule has 0 aromatic heterocycles. The second kappa shape index (κ2) is 15.7. The van der Waals surface area contributed by atoms with E-state index in [1.807, 2.05) is 25.1 Å². The monoisotopic (exact) mass is 737 g/mol. The van der Waals surface area contributed by atoms with Crippen LogP contribution in [0.25, 0.3) is 0 Å². The van der Waals surface area contributed by atoms with E-state index in [0.717, 1.165) is 0 Å². The SMILES string of the molecule is C=CCCC(=O)NC[C@@H](OC(=O)[C@@H]1[C@H]2O[C@@]3(CC2Br)[C@H](C(=O)N(CC=C)c2ccc(OC)cc2)N([C@@H](CC)CO)C(=O)[C@@H]13)c1ccccc1. The third kappa shape index (κ3) is 6.91. The van der Waals surface area contributed by atoms with E-state index in [4.69, 9.17) is 14.2 Å². The molecule has 1 unspecified atom stereocenters. The fourth-order valence-corrected chi connectivity index (χ4v) is 8.37. The van der Waals surface area contributed by atoms with Gasteiger partial charge in [0.1, 0.15) is 23.5 Å². The Balaban J connectivity index is 1.50. The van der Waals surface area contributed by atoms with E-state index in [2.05, 4.69) is 34.4 Å². The lowest BCUT2D eigenvalue weighted by molar-refractivity contribution is -0.160. The number of allylic oxidation sites excluding steroid dienone is 1. The standard InChI is InChI=1S/C37H44BrN3O8/c1-5-8-14-29(43)39-21-28(23-12-10-9-11-13-23)48-36(46)30-31-34(44)41(24(7-3)22-42)33(37(31)20-27(38)32(30)49-37)35(45)40(19-6-2)25-15-17-26(47-4)18-16-25/h5-6,9-13,15-18,24,27-28,30-33,42H,1-2,7-8,14,19-22H2,3-4H3,(H,39,43)/t24-,27?,28+,30-,31+,32-,33-,37+/m0/s1. The zero-order valence-corrected chi connectivity index (χ0v) is 29.4. The van der Waals surface area contributed by atoms with Crippen molar-refractivity contribution in [3.8, 4) is 5.75 Å². The summed E-state index contributed by atoms with van der Waals surface area (Å²) in [7, 11) is 1.55. The number of nitrogens with zero attached hydrogens (tertiary/aromatic N) is 2. The van der Waals surface area contributed by atoms with E-state index >= 15 is 0 Å². The lowest BCUT2D eigenvalue weighted by Crippen LogP contribution is -2.59. The zero-order chi connectivity index (χ0) is 35.3. The minimum Gasteiger partial charge on any atom is -0.497 e. The summed E-state index contributed by atoms with van der Waals surface area (Å²) in [6, 6.07) is 14.2. The van der Waals surface area contributed by atoms with Gasteiger partial charge in [-0.2, -0.15) is 0 Å². The summed E-state index contributed by atoms with van der Waals surface area (Å²) in [4.78, 5) is 58.7. The van der Waals surface area contributed by atoms with Crippen molar-refractivity contribution in [2.75, 3.05) is 31.7 Å². The minimum atomic E-state index is -1.37. The Morgan fingerprint density at radius 2 is 1.88 bits per heavy atom. The Bertz CT molecular complexity index is 1530. The van der Waals surface area contributed by atoms with Crippen LogP contribution in [-0.2, 0) is 28.7 Å². The van der Waals surface area contributed by atoms with E-state index in [1.54, 1.807) is 55.7 Å². The zero-order valence-electron chi connectivity index (χ0n) is 27.8. The van der Waals surface area contributed by atoms with Crippen LogP contribution < -0.4 is 15.0 Å². The van der Waals surface area contributed by atoms with Crippen LogP contribution in [0.2, 0.25) is 0 Å². The molecular weight excluding hydrogens is 694 g/mol. The highest BCUT2D eigenvalue weighted by Gasteiger charge is 2.77. The second-order valence-electron chi connectivity index (χ2n) is 12.6. The molecule has 0 saturated carbocycles. The van der Waals surface area contributed by atoms with Crippen LogP contribution in [0.4, 0.5) is 5.69 Å².